The number of amides is 1. The number of ether oxygens (including phenoxy) is 2. The predicted octanol–water partition coefficient (Wildman–Crippen LogP) is 1.84. The highest BCUT2D eigenvalue weighted by Gasteiger charge is 2.19. The fraction of sp³-hybridized carbons (Fsp3) is 0.533. The van der Waals surface area contributed by atoms with Gasteiger partial charge in [-0.3, -0.25) is 4.79 Å². The van der Waals surface area contributed by atoms with Crippen molar-refractivity contribution >= 4 is 5.91 Å². The summed E-state index contributed by atoms with van der Waals surface area (Å²) in [5, 5.41) is 2.82. The van der Waals surface area contributed by atoms with Crippen LogP contribution < -0.4 is 20.5 Å². The molecule has 0 aromatic heterocycles. The Labute approximate surface area is 120 Å². The van der Waals surface area contributed by atoms with E-state index in [4.69, 9.17) is 15.2 Å². The quantitative estimate of drug-likeness (QED) is 0.799. The molecule has 1 aromatic carbocycles. The van der Waals surface area contributed by atoms with Gasteiger partial charge in [0.15, 0.2) is 17.6 Å². The molecular weight excluding hydrogens is 256 g/mol. The summed E-state index contributed by atoms with van der Waals surface area (Å²) in [6.07, 6.45) is -0.607. The van der Waals surface area contributed by atoms with Crippen LogP contribution in [0.25, 0.3) is 0 Å². The van der Waals surface area contributed by atoms with Gasteiger partial charge in [-0.2, -0.15) is 0 Å². The lowest BCUT2D eigenvalue weighted by Crippen LogP contribution is -2.40. The molecule has 0 saturated heterocycles. The maximum atomic E-state index is 11.9. The van der Waals surface area contributed by atoms with Crippen LogP contribution in [0.2, 0.25) is 0 Å². The number of hydrogen-bond donors (Lipinski definition) is 2. The SMILES string of the molecule is CCOc1cccc(CN)c1OC(C)C(=O)NC(C)C. The van der Waals surface area contributed by atoms with E-state index in [1.807, 2.05) is 39.0 Å². The van der Waals surface area contributed by atoms with Gasteiger partial charge in [0.2, 0.25) is 0 Å². The molecule has 1 rings (SSSR count). The first kappa shape index (κ1) is 16.3. The molecule has 0 aliphatic rings. The standard InChI is InChI=1S/C15H24N2O3/c1-5-19-13-8-6-7-12(9-16)14(13)20-11(4)15(18)17-10(2)3/h6-8,10-11H,5,9,16H2,1-4H3,(H,17,18). The third-order valence-corrected chi connectivity index (χ3v) is 2.67. The van der Waals surface area contributed by atoms with Gasteiger partial charge in [0.25, 0.3) is 5.91 Å². The molecule has 1 atom stereocenters. The largest absolute Gasteiger partial charge is 0.490 e. The maximum absolute atomic E-state index is 11.9. The minimum Gasteiger partial charge on any atom is -0.490 e. The zero-order valence-electron chi connectivity index (χ0n) is 12.6. The number of benzene rings is 1. The lowest BCUT2D eigenvalue weighted by Gasteiger charge is -2.20. The number of hydrogen-bond acceptors (Lipinski definition) is 4. The number of nitrogens with one attached hydrogen (secondary N) is 1. The second-order valence-corrected chi connectivity index (χ2v) is 4.80. The zero-order valence-corrected chi connectivity index (χ0v) is 12.6. The van der Waals surface area contributed by atoms with Crippen LogP contribution in [0.5, 0.6) is 11.5 Å². The molecule has 0 aliphatic heterocycles. The monoisotopic (exact) mass is 280 g/mol. The first-order valence-corrected chi connectivity index (χ1v) is 6.91. The van der Waals surface area contributed by atoms with Crippen molar-refractivity contribution in [2.75, 3.05) is 6.61 Å². The minimum atomic E-state index is -0.607. The molecule has 0 aliphatic carbocycles. The number of para-hydroxylation sites is 1. The van der Waals surface area contributed by atoms with Crippen LogP contribution in [0, 0.1) is 0 Å². The van der Waals surface area contributed by atoms with E-state index in [1.165, 1.54) is 0 Å². The summed E-state index contributed by atoms with van der Waals surface area (Å²) < 4.78 is 11.3. The highest BCUT2D eigenvalue weighted by atomic mass is 16.5. The van der Waals surface area contributed by atoms with Crippen molar-refractivity contribution in [2.24, 2.45) is 5.73 Å². The van der Waals surface area contributed by atoms with Gasteiger partial charge < -0.3 is 20.5 Å². The summed E-state index contributed by atoms with van der Waals surface area (Å²) in [7, 11) is 0. The third kappa shape index (κ3) is 4.42. The van der Waals surface area contributed by atoms with Crippen LogP contribution in [-0.4, -0.2) is 24.7 Å². The van der Waals surface area contributed by atoms with Gasteiger partial charge in [-0.25, -0.2) is 0 Å². The number of rotatable bonds is 7. The second kappa shape index (κ2) is 7.75. The fourth-order valence-electron chi connectivity index (χ4n) is 1.76. The zero-order chi connectivity index (χ0) is 15.1. The summed E-state index contributed by atoms with van der Waals surface area (Å²) in [4.78, 5) is 11.9. The van der Waals surface area contributed by atoms with Gasteiger partial charge in [0, 0.05) is 18.2 Å². The number of nitrogens with two attached hydrogens (primary N) is 1. The smallest absolute Gasteiger partial charge is 0.260 e. The lowest BCUT2D eigenvalue weighted by molar-refractivity contribution is -0.127. The molecule has 1 aromatic rings. The summed E-state index contributed by atoms with van der Waals surface area (Å²) in [5.41, 5.74) is 6.53. The Morgan fingerprint density at radius 2 is 2.05 bits per heavy atom. The van der Waals surface area contributed by atoms with Crippen molar-refractivity contribution in [1.82, 2.24) is 5.32 Å². The van der Waals surface area contributed by atoms with Crippen LogP contribution in [0.4, 0.5) is 0 Å². The number of carbonyl (C=O) groups excluding carboxylic acids is 1. The molecule has 1 unspecified atom stereocenters. The van der Waals surface area contributed by atoms with Crippen LogP contribution in [0.1, 0.15) is 33.3 Å². The fourth-order valence-corrected chi connectivity index (χ4v) is 1.76. The summed E-state index contributed by atoms with van der Waals surface area (Å²) in [6.45, 7) is 8.27. The Kier molecular flexibility index (Phi) is 6.31. The van der Waals surface area contributed by atoms with Gasteiger partial charge in [0.05, 0.1) is 6.61 Å². The van der Waals surface area contributed by atoms with E-state index in [0.717, 1.165) is 5.56 Å². The van der Waals surface area contributed by atoms with Crippen LogP contribution in [0.3, 0.4) is 0 Å². The van der Waals surface area contributed by atoms with Crippen molar-refractivity contribution in [3.63, 3.8) is 0 Å². The molecule has 5 heteroatoms. The van der Waals surface area contributed by atoms with E-state index in [-0.39, 0.29) is 11.9 Å². The molecule has 112 valence electrons. The van der Waals surface area contributed by atoms with Gasteiger partial charge >= 0.3 is 0 Å². The third-order valence-electron chi connectivity index (χ3n) is 2.67. The van der Waals surface area contributed by atoms with Crippen molar-refractivity contribution in [3.8, 4) is 11.5 Å². The molecule has 5 nitrogen and oxygen atoms in total. The number of carbonyl (C=O) groups is 1. The van der Waals surface area contributed by atoms with Crippen molar-refractivity contribution < 1.29 is 14.3 Å². The minimum absolute atomic E-state index is 0.0738. The van der Waals surface area contributed by atoms with Crippen LogP contribution >= 0.6 is 0 Å². The Morgan fingerprint density at radius 3 is 2.60 bits per heavy atom. The summed E-state index contributed by atoms with van der Waals surface area (Å²) in [6, 6.07) is 5.61. The highest BCUT2D eigenvalue weighted by Crippen LogP contribution is 2.32. The molecular formula is C15H24N2O3. The molecule has 0 bridgehead atoms. The van der Waals surface area contributed by atoms with Crippen molar-refractivity contribution in [3.05, 3.63) is 23.8 Å². The highest BCUT2D eigenvalue weighted by molar-refractivity contribution is 5.81. The van der Waals surface area contributed by atoms with Gasteiger partial charge in [-0.1, -0.05) is 12.1 Å². The van der Waals surface area contributed by atoms with E-state index in [1.54, 1.807) is 6.92 Å². The van der Waals surface area contributed by atoms with Crippen LogP contribution in [0.15, 0.2) is 18.2 Å². The van der Waals surface area contributed by atoms with Crippen molar-refractivity contribution in [1.29, 1.82) is 0 Å². The van der Waals surface area contributed by atoms with Gasteiger partial charge in [-0.15, -0.1) is 0 Å². The summed E-state index contributed by atoms with van der Waals surface area (Å²) >= 11 is 0. The molecule has 0 spiro atoms. The molecule has 20 heavy (non-hydrogen) atoms. The van der Waals surface area contributed by atoms with E-state index in [2.05, 4.69) is 5.32 Å². The topological polar surface area (TPSA) is 73.6 Å². The first-order chi connectivity index (χ1) is 9.49. The molecule has 0 fully saturated rings. The van der Waals surface area contributed by atoms with Gasteiger partial charge in [-0.05, 0) is 33.8 Å². The Hall–Kier alpha value is -1.75. The molecule has 0 saturated carbocycles. The molecule has 0 radical (unpaired) electrons. The van der Waals surface area contributed by atoms with E-state index < -0.39 is 6.10 Å². The summed E-state index contributed by atoms with van der Waals surface area (Å²) in [5.74, 6) is 0.997. The molecule has 3 N–H and O–H groups in total. The van der Waals surface area contributed by atoms with Gasteiger partial charge in [0.1, 0.15) is 0 Å². The first-order valence-electron chi connectivity index (χ1n) is 6.91. The molecule has 1 amide bonds. The second-order valence-electron chi connectivity index (χ2n) is 4.80. The van der Waals surface area contributed by atoms with E-state index in [9.17, 15) is 4.79 Å². The van der Waals surface area contributed by atoms with Crippen LogP contribution in [-0.2, 0) is 11.3 Å². The Balaban J connectivity index is 2.91. The Morgan fingerprint density at radius 1 is 1.35 bits per heavy atom. The lowest BCUT2D eigenvalue weighted by atomic mass is 10.2. The maximum Gasteiger partial charge on any atom is 0.260 e. The van der Waals surface area contributed by atoms with E-state index in [0.29, 0.717) is 24.7 Å². The predicted molar refractivity (Wildman–Crippen MR) is 78.9 cm³/mol. The normalized spacial score (nSPS) is 12.1. The van der Waals surface area contributed by atoms with Crippen molar-refractivity contribution in [2.45, 2.75) is 46.4 Å². The Bertz CT molecular complexity index is 447. The average molecular weight is 280 g/mol. The average Bonchev–Trinajstić information content (AvgIpc) is 2.40. The molecule has 0 heterocycles. The van der Waals surface area contributed by atoms with E-state index >= 15 is 0 Å².